The van der Waals surface area contributed by atoms with E-state index in [1.807, 2.05) is 0 Å². The summed E-state index contributed by atoms with van der Waals surface area (Å²) in [6, 6.07) is 0. The van der Waals surface area contributed by atoms with Gasteiger partial charge in [-0.2, -0.15) is 0 Å². The van der Waals surface area contributed by atoms with Gasteiger partial charge in [-0.1, -0.05) is 6.92 Å². The molecule has 2 radical (unpaired) electrons. The summed E-state index contributed by atoms with van der Waals surface area (Å²) in [5.41, 5.74) is 0. The van der Waals surface area contributed by atoms with Crippen LogP contribution in [-0.2, 0) is 4.74 Å². The van der Waals surface area contributed by atoms with Crippen LogP contribution in [0.2, 0.25) is 0 Å². The Kier molecular flexibility index (Phi) is 5.93. The Hall–Kier alpha value is -0.0400. The minimum atomic E-state index is 0.639. The van der Waals surface area contributed by atoms with Crippen LogP contribution in [0.5, 0.6) is 0 Å². The quantitative estimate of drug-likeness (QED) is 0.486. The predicted octanol–water partition coefficient (Wildman–Crippen LogP) is 1.51. The van der Waals surface area contributed by atoms with Crippen LogP contribution < -0.4 is 0 Å². The fraction of sp³-hybridized carbons (Fsp3) is 0.833. The molecule has 0 aromatic rings. The highest BCUT2D eigenvalue weighted by molar-refractivity contribution is 4.34. The lowest BCUT2D eigenvalue weighted by Crippen LogP contribution is -1.92. The highest BCUT2D eigenvalue weighted by Gasteiger charge is 1.78. The highest BCUT2D eigenvalue weighted by atomic mass is 16.5. The third-order valence-corrected chi connectivity index (χ3v) is 0.611. The molecule has 0 atom stereocenters. The predicted molar refractivity (Wildman–Crippen MR) is 30.0 cm³/mol. The molecular weight excluding hydrogens is 88.1 g/mol. The van der Waals surface area contributed by atoms with Gasteiger partial charge in [0.15, 0.2) is 0 Å². The maximum atomic E-state index is 5.14. The summed E-state index contributed by atoms with van der Waals surface area (Å²) in [7, 11) is 0. The zero-order valence-corrected chi connectivity index (χ0v) is 4.81. The van der Waals surface area contributed by atoms with Gasteiger partial charge in [0.25, 0.3) is 0 Å². The molecular formula is C6H12O. The van der Waals surface area contributed by atoms with Crippen molar-refractivity contribution in [1.82, 2.24) is 0 Å². The first-order valence-corrected chi connectivity index (χ1v) is 2.69. The van der Waals surface area contributed by atoms with Crippen molar-refractivity contribution in [2.75, 3.05) is 13.2 Å². The monoisotopic (exact) mass is 100 g/mol. The largest absolute Gasteiger partial charge is 0.381 e. The van der Waals surface area contributed by atoms with Crippen LogP contribution in [0.3, 0.4) is 0 Å². The smallest absolute Gasteiger partial charge is 0.0468 e. The van der Waals surface area contributed by atoms with Crippen LogP contribution in [0.4, 0.5) is 0 Å². The number of hydrogen-bond donors (Lipinski definition) is 0. The molecule has 1 nitrogen and oxygen atoms in total. The summed E-state index contributed by atoms with van der Waals surface area (Å²) in [6.45, 7) is 8.77. The second kappa shape index (κ2) is 5.96. The number of rotatable bonds is 4. The Morgan fingerprint density at radius 3 is 2.57 bits per heavy atom. The number of ether oxygens (including phenoxy) is 1. The molecule has 42 valence electrons. The van der Waals surface area contributed by atoms with Crippen LogP contribution in [0.1, 0.15) is 19.8 Å². The lowest BCUT2D eigenvalue weighted by molar-refractivity contribution is 0.139. The van der Waals surface area contributed by atoms with Crippen LogP contribution >= 0.6 is 0 Å². The van der Waals surface area contributed by atoms with E-state index in [0.29, 0.717) is 13.0 Å². The van der Waals surface area contributed by atoms with E-state index in [4.69, 9.17) is 11.7 Å². The minimum Gasteiger partial charge on any atom is -0.381 e. The van der Waals surface area contributed by atoms with Crippen LogP contribution in [-0.4, -0.2) is 13.2 Å². The van der Waals surface area contributed by atoms with Gasteiger partial charge in [-0.05, 0) is 19.8 Å². The van der Waals surface area contributed by atoms with E-state index < -0.39 is 0 Å². The van der Waals surface area contributed by atoms with Gasteiger partial charge < -0.3 is 4.74 Å². The SMILES string of the molecule is [CH]CCOCCC. The highest BCUT2D eigenvalue weighted by Crippen LogP contribution is 1.81. The molecule has 0 fully saturated rings. The van der Waals surface area contributed by atoms with Crippen LogP contribution in [0, 0.1) is 6.92 Å². The van der Waals surface area contributed by atoms with Crippen LogP contribution in [0.15, 0.2) is 0 Å². The summed E-state index contributed by atoms with van der Waals surface area (Å²) in [5, 5.41) is 0. The summed E-state index contributed by atoms with van der Waals surface area (Å²) in [6.07, 6.45) is 1.72. The van der Waals surface area contributed by atoms with Crippen molar-refractivity contribution in [2.45, 2.75) is 19.8 Å². The average Bonchev–Trinajstić information content (AvgIpc) is 1.69. The van der Waals surface area contributed by atoms with Gasteiger partial charge in [0.1, 0.15) is 0 Å². The molecule has 0 N–H and O–H groups in total. The van der Waals surface area contributed by atoms with Crippen LogP contribution in [0.25, 0.3) is 0 Å². The molecule has 0 saturated heterocycles. The van der Waals surface area contributed by atoms with E-state index in [1.54, 1.807) is 0 Å². The normalized spacial score (nSPS) is 9.43. The first kappa shape index (κ1) is 6.96. The molecule has 0 aliphatic heterocycles. The molecule has 7 heavy (non-hydrogen) atoms. The lowest BCUT2D eigenvalue weighted by Gasteiger charge is -1.95. The van der Waals surface area contributed by atoms with Crippen molar-refractivity contribution in [3.05, 3.63) is 6.92 Å². The van der Waals surface area contributed by atoms with Gasteiger partial charge in [0.05, 0.1) is 0 Å². The van der Waals surface area contributed by atoms with Gasteiger partial charge in [-0.15, -0.1) is 0 Å². The second-order valence-corrected chi connectivity index (χ2v) is 1.40. The first-order valence-electron chi connectivity index (χ1n) is 2.69. The van der Waals surface area contributed by atoms with Crippen molar-refractivity contribution >= 4 is 0 Å². The maximum absolute atomic E-state index is 5.14. The average molecular weight is 100 g/mol. The summed E-state index contributed by atoms with van der Waals surface area (Å²) >= 11 is 0. The fourth-order valence-electron chi connectivity index (χ4n) is 0.330. The van der Waals surface area contributed by atoms with Crippen molar-refractivity contribution in [3.63, 3.8) is 0 Å². The summed E-state index contributed by atoms with van der Waals surface area (Å²) < 4.78 is 5.01. The Morgan fingerprint density at radius 2 is 2.14 bits per heavy atom. The molecule has 0 saturated carbocycles. The first-order chi connectivity index (χ1) is 3.41. The van der Waals surface area contributed by atoms with Gasteiger partial charge in [0.2, 0.25) is 0 Å². The molecule has 0 aromatic heterocycles. The summed E-state index contributed by atoms with van der Waals surface area (Å²) in [4.78, 5) is 0. The van der Waals surface area contributed by atoms with Crippen molar-refractivity contribution in [3.8, 4) is 0 Å². The maximum Gasteiger partial charge on any atom is 0.0468 e. The van der Waals surface area contributed by atoms with Gasteiger partial charge in [0, 0.05) is 13.2 Å². The molecule has 0 rings (SSSR count). The molecule has 0 aliphatic carbocycles. The van der Waals surface area contributed by atoms with Gasteiger partial charge >= 0.3 is 0 Å². The third-order valence-electron chi connectivity index (χ3n) is 0.611. The van der Waals surface area contributed by atoms with E-state index in [-0.39, 0.29) is 0 Å². The van der Waals surface area contributed by atoms with E-state index in [9.17, 15) is 0 Å². The Bertz CT molecular complexity index is 23.4. The zero-order chi connectivity index (χ0) is 5.54. The van der Waals surface area contributed by atoms with Gasteiger partial charge in [-0.25, -0.2) is 0 Å². The van der Waals surface area contributed by atoms with E-state index in [1.165, 1.54) is 0 Å². The Labute approximate surface area is 45.7 Å². The molecule has 0 amide bonds. The molecule has 0 heterocycles. The molecule has 1 heteroatoms. The van der Waals surface area contributed by atoms with E-state index >= 15 is 0 Å². The standard InChI is InChI=1S/C6H12O/c1-3-5-7-6-4-2/h1H,3-6H2,2H3. The molecule has 0 aromatic carbocycles. The van der Waals surface area contributed by atoms with E-state index in [2.05, 4.69) is 6.92 Å². The van der Waals surface area contributed by atoms with Crippen molar-refractivity contribution in [1.29, 1.82) is 0 Å². The van der Waals surface area contributed by atoms with Crippen molar-refractivity contribution < 1.29 is 4.74 Å². The molecule has 0 bridgehead atoms. The fourth-order valence-corrected chi connectivity index (χ4v) is 0.330. The van der Waals surface area contributed by atoms with Gasteiger partial charge in [-0.3, -0.25) is 0 Å². The Balaban J connectivity index is 2.45. The summed E-state index contributed by atoms with van der Waals surface area (Å²) in [5.74, 6) is 0. The zero-order valence-electron chi connectivity index (χ0n) is 4.81. The minimum absolute atomic E-state index is 0.639. The lowest BCUT2D eigenvalue weighted by atomic mass is 10.5. The molecule has 0 aliphatic rings. The topological polar surface area (TPSA) is 9.23 Å². The Morgan fingerprint density at radius 1 is 1.43 bits per heavy atom. The molecule has 0 spiro atoms. The molecule has 0 unspecified atom stereocenters. The second-order valence-electron chi connectivity index (χ2n) is 1.40. The number of hydrogen-bond acceptors (Lipinski definition) is 1. The van der Waals surface area contributed by atoms with E-state index in [0.717, 1.165) is 13.0 Å². The third kappa shape index (κ3) is 5.96. The van der Waals surface area contributed by atoms with Crippen molar-refractivity contribution in [2.24, 2.45) is 0 Å².